The Bertz CT molecular complexity index is 1780. The average Bonchev–Trinajstić information content (AvgIpc) is 3.68. The van der Waals surface area contributed by atoms with Crippen LogP contribution in [0.4, 0.5) is 4.79 Å². The van der Waals surface area contributed by atoms with E-state index in [0.29, 0.717) is 19.4 Å². The fourth-order valence-electron chi connectivity index (χ4n) is 5.64. The zero-order chi connectivity index (χ0) is 35.9. The van der Waals surface area contributed by atoms with Gasteiger partial charge in [0.2, 0.25) is 11.8 Å². The van der Waals surface area contributed by atoms with E-state index in [1.54, 1.807) is 0 Å². The van der Waals surface area contributed by atoms with Crippen molar-refractivity contribution in [3.05, 3.63) is 161 Å². The van der Waals surface area contributed by atoms with Gasteiger partial charge in [0.05, 0.1) is 12.6 Å². The van der Waals surface area contributed by atoms with E-state index < -0.39 is 23.6 Å². The van der Waals surface area contributed by atoms with Crippen molar-refractivity contribution in [1.29, 1.82) is 0 Å². The summed E-state index contributed by atoms with van der Waals surface area (Å²) in [5, 5.41) is 20.5. The third-order valence-corrected chi connectivity index (χ3v) is 8.58. The normalized spacial score (nSPS) is 12.8. The van der Waals surface area contributed by atoms with Crippen molar-refractivity contribution in [2.45, 2.75) is 50.9 Å². The third-order valence-electron chi connectivity index (χ3n) is 8.58. The lowest BCUT2D eigenvalue weighted by Crippen LogP contribution is -2.42. The number of oxazole rings is 1. The summed E-state index contributed by atoms with van der Waals surface area (Å²) in [5.41, 5.74) is 1.99. The summed E-state index contributed by atoms with van der Waals surface area (Å²) in [6, 6.07) is 37.9. The molecule has 0 saturated heterocycles. The first-order chi connectivity index (χ1) is 24.8. The number of aliphatic hydroxyl groups is 1. The largest absolute Gasteiger partial charge is 0.445 e. The Balaban J connectivity index is 1.19. The quantitative estimate of drug-likeness (QED) is 0.0877. The lowest BCUT2D eigenvalue weighted by Gasteiger charge is -2.25. The van der Waals surface area contributed by atoms with Crippen LogP contribution in [-0.2, 0) is 28.2 Å². The van der Waals surface area contributed by atoms with E-state index in [1.807, 2.05) is 128 Å². The molecule has 4 aromatic carbocycles. The number of hydrogen-bond acceptors (Lipinski definition) is 7. The highest BCUT2D eigenvalue weighted by atomic mass is 16.5. The number of hydrogen-bond donors (Lipinski definition) is 4. The molecule has 1 aromatic heterocycles. The summed E-state index contributed by atoms with van der Waals surface area (Å²) in [4.78, 5) is 43.0. The molecule has 0 fully saturated rings. The lowest BCUT2D eigenvalue weighted by atomic mass is 9.94. The van der Waals surface area contributed by atoms with Crippen molar-refractivity contribution in [3.8, 4) is 0 Å². The minimum Gasteiger partial charge on any atom is -0.445 e. The van der Waals surface area contributed by atoms with Gasteiger partial charge < -0.3 is 30.2 Å². The molecule has 0 aliphatic rings. The molecule has 0 saturated carbocycles. The molecule has 0 aliphatic carbocycles. The van der Waals surface area contributed by atoms with Crippen molar-refractivity contribution in [2.75, 3.05) is 13.1 Å². The minimum atomic E-state index is -1.70. The Morgan fingerprint density at radius 3 is 1.98 bits per heavy atom. The predicted molar refractivity (Wildman–Crippen MR) is 193 cm³/mol. The van der Waals surface area contributed by atoms with Gasteiger partial charge >= 0.3 is 6.09 Å². The van der Waals surface area contributed by atoms with Gasteiger partial charge in [0.1, 0.15) is 12.9 Å². The average molecular weight is 689 g/mol. The van der Waals surface area contributed by atoms with Gasteiger partial charge in [0.15, 0.2) is 11.3 Å². The molecule has 10 nitrogen and oxygen atoms in total. The molecular weight excluding hydrogens is 644 g/mol. The van der Waals surface area contributed by atoms with E-state index in [4.69, 9.17) is 9.15 Å². The van der Waals surface area contributed by atoms with Crippen LogP contribution >= 0.6 is 0 Å². The SMILES string of the molecule is CC(CCNC(=O)OCc1ccccc1)CC(=O)NCC(O)(CCc1ccccc1)c1nc(C(=O)NC(c2ccccc2)c2ccccc2)co1. The number of nitrogens with one attached hydrogen (secondary N) is 3. The van der Waals surface area contributed by atoms with E-state index in [-0.39, 0.29) is 49.4 Å². The van der Waals surface area contributed by atoms with Crippen molar-refractivity contribution in [1.82, 2.24) is 20.9 Å². The summed E-state index contributed by atoms with van der Waals surface area (Å²) in [6.45, 7) is 2.26. The molecular formula is C41H44N4O6. The molecule has 264 valence electrons. The van der Waals surface area contributed by atoms with Crippen molar-refractivity contribution >= 4 is 17.9 Å². The predicted octanol–water partition coefficient (Wildman–Crippen LogP) is 6.47. The third kappa shape index (κ3) is 11.1. The number of benzene rings is 4. The number of carbonyl (C=O) groups is 3. The van der Waals surface area contributed by atoms with E-state index in [1.165, 1.54) is 6.26 Å². The number of nitrogens with zero attached hydrogens (tertiary/aromatic N) is 1. The summed E-state index contributed by atoms with van der Waals surface area (Å²) >= 11 is 0. The Hall–Kier alpha value is -5.74. The zero-order valence-corrected chi connectivity index (χ0v) is 28.7. The standard InChI is InChI=1S/C41H44N4O6/c1-30(23-25-42-40(48)51-27-32-16-8-3-9-17-32)26-36(46)43-29-41(49,24-22-31-14-6-2-7-15-31)39-44-35(28-50-39)38(47)45-37(33-18-10-4-11-19-33)34-20-12-5-13-21-34/h2-21,28,30,37,49H,22-27,29H2,1H3,(H,42,48)(H,43,46)(H,45,47). The number of amides is 3. The van der Waals surface area contributed by atoms with Gasteiger partial charge in [-0.2, -0.15) is 0 Å². The first-order valence-electron chi connectivity index (χ1n) is 17.1. The van der Waals surface area contributed by atoms with Crippen molar-refractivity contribution in [3.63, 3.8) is 0 Å². The Morgan fingerprint density at radius 1 is 0.804 bits per heavy atom. The van der Waals surface area contributed by atoms with Gasteiger partial charge in [-0.1, -0.05) is 128 Å². The van der Waals surface area contributed by atoms with Crippen LogP contribution in [0.25, 0.3) is 0 Å². The van der Waals surface area contributed by atoms with E-state index in [0.717, 1.165) is 22.3 Å². The highest BCUT2D eigenvalue weighted by molar-refractivity contribution is 5.92. The Kier molecular flexibility index (Phi) is 13.1. The van der Waals surface area contributed by atoms with E-state index >= 15 is 0 Å². The number of aromatic nitrogens is 1. The molecule has 2 unspecified atom stereocenters. The molecule has 0 radical (unpaired) electrons. The first kappa shape index (κ1) is 36.5. The molecule has 51 heavy (non-hydrogen) atoms. The van der Waals surface area contributed by atoms with Crippen LogP contribution in [0.15, 0.2) is 132 Å². The van der Waals surface area contributed by atoms with Crippen LogP contribution < -0.4 is 16.0 Å². The molecule has 0 bridgehead atoms. The minimum absolute atomic E-state index is 0.00902. The molecule has 2 atom stereocenters. The molecule has 1 heterocycles. The highest BCUT2D eigenvalue weighted by Gasteiger charge is 2.36. The maximum atomic E-state index is 13.5. The summed E-state index contributed by atoms with van der Waals surface area (Å²) in [7, 11) is 0. The lowest BCUT2D eigenvalue weighted by molar-refractivity contribution is -0.123. The number of carbonyl (C=O) groups excluding carboxylic acids is 3. The van der Waals surface area contributed by atoms with Crippen LogP contribution in [0.5, 0.6) is 0 Å². The molecule has 3 amide bonds. The van der Waals surface area contributed by atoms with Gasteiger partial charge in [-0.05, 0) is 47.4 Å². The first-order valence-corrected chi connectivity index (χ1v) is 17.1. The molecule has 4 N–H and O–H groups in total. The van der Waals surface area contributed by atoms with Gasteiger partial charge in [-0.15, -0.1) is 0 Å². The summed E-state index contributed by atoms with van der Waals surface area (Å²) < 4.78 is 11.0. The number of aryl methyl sites for hydroxylation is 1. The fourth-order valence-corrected chi connectivity index (χ4v) is 5.64. The van der Waals surface area contributed by atoms with Crippen LogP contribution in [0.2, 0.25) is 0 Å². The van der Waals surface area contributed by atoms with E-state index in [2.05, 4.69) is 20.9 Å². The maximum Gasteiger partial charge on any atom is 0.407 e. The van der Waals surface area contributed by atoms with Crippen LogP contribution in [0.3, 0.4) is 0 Å². The van der Waals surface area contributed by atoms with Crippen LogP contribution in [0, 0.1) is 5.92 Å². The van der Waals surface area contributed by atoms with E-state index in [9.17, 15) is 19.5 Å². The molecule has 0 spiro atoms. The second kappa shape index (κ2) is 18.3. The topological polar surface area (TPSA) is 143 Å². The second-order valence-electron chi connectivity index (χ2n) is 12.6. The molecule has 0 aliphatic heterocycles. The zero-order valence-electron chi connectivity index (χ0n) is 28.7. The molecule has 10 heteroatoms. The Morgan fingerprint density at radius 2 is 1.37 bits per heavy atom. The van der Waals surface area contributed by atoms with Gasteiger partial charge in [-0.3, -0.25) is 9.59 Å². The molecule has 5 rings (SSSR count). The van der Waals surface area contributed by atoms with Gasteiger partial charge in [0, 0.05) is 13.0 Å². The Labute approximate surface area is 298 Å². The van der Waals surface area contributed by atoms with Gasteiger partial charge in [0.25, 0.3) is 5.91 Å². The smallest absolute Gasteiger partial charge is 0.407 e. The van der Waals surface area contributed by atoms with Gasteiger partial charge in [-0.25, -0.2) is 9.78 Å². The summed E-state index contributed by atoms with van der Waals surface area (Å²) in [5.74, 6) is -0.865. The second-order valence-corrected chi connectivity index (χ2v) is 12.6. The van der Waals surface area contributed by atoms with Crippen LogP contribution in [-0.4, -0.2) is 41.1 Å². The summed E-state index contributed by atoms with van der Waals surface area (Å²) in [6.07, 6.45) is 2.09. The fraction of sp³-hybridized carbons (Fsp3) is 0.268. The maximum absolute atomic E-state index is 13.5. The van der Waals surface area contributed by atoms with Crippen molar-refractivity contribution < 1.29 is 28.6 Å². The van der Waals surface area contributed by atoms with Crippen LogP contribution in [0.1, 0.15) is 70.9 Å². The highest BCUT2D eigenvalue weighted by Crippen LogP contribution is 2.27. The number of rotatable bonds is 17. The monoisotopic (exact) mass is 688 g/mol. The van der Waals surface area contributed by atoms with Crippen molar-refractivity contribution in [2.24, 2.45) is 5.92 Å². The number of ether oxygens (including phenoxy) is 1. The number of alkyl carbamates (subject to hydrolysis) is 1. The molecule has 5 aromatic rings.